The number of hydrogen-bond donors (Lipinski definition) is 2. The highest BCUT2D eigenvalue weighted by atomic mass is 16.1. The predicted octanol–water partition coefficient (Wildman–Crippen LogP) is 1.20. The standard InChI is InChI=1S/C10H20N2O/c1-4-7-9(13)12-8-10(11,5-2)6-3/h4H,1,5-8,11H2,2-3H3,(H,12,13). The van der Waals surface area contributed by atoms with E-state index in [1.54, 1.807) is 6.08 Å². The lowest BCUT2D eigenvalue weighted by Gasteiger charge is -2.26. The molecule has 0 spiro atoms. The molecule has 3 heteroatoms. The molecule has 3 nitrogen and oxygen atoms in total. The summed E-state index contributed by atoms with van der Waals surface area (Å²) < 4.78 is 0. The summed E-state index contributed by atoms with van der Waals surface area (Å²) in [5.41, 5.74) is 5.75. The third-order valence-electron chi connectivity index (χ3n) is 2.38. The van der Waals surface area contributed by atoms with E-state index in [1.807, 2.05) is 13.8 Å². The highest BCUT2D eigenvalue weighted by molar-refractivity contribution is 5.77. The van der Waals surface area contributed by atoms with E-state index >= 15 is 0 Å². The maximum atomic E-state index is 11.1. The summed E-state index contributed by atoms with van der Waals surface area (Å²) in [5, 5.41) is 2.79. The summed E-state index contributed by atoms with van der Waals surface area (Å²) in [4.78, 5) is 11.1. The average Bonchev–Trinajstić information content (AvgIpc) is 2.15. The van der Waals surface area contributed by atoms with E-state index in [-0.39, 0.29) is 11.4 Å². The molecule has 0 atom stereocenters. The van der Waals surface area contributed by atoms with Gasteiger partial charge in [-0.2, -0.15) is 0 Å². The molecule has 0 aromatic rings. The second-order valence-electron chi connectivity index (χ2n) is 3.34. The van der Waals surface area contributed by atoms with E-state index in [4.69, 9.17) is 5.73 Å². The molecular formula is C10H20N2O. The van der Waals surface area contributed by atoms with Crippen LogP contribution >= 0.6 is 0 Å². The van der Waals surface area contributed by atoms with Crippen LogP contribution < -0.4 is 11.1 Å². The van der Waals surface area contributed by atoms with Crippen LogP contribution in [0, 0.1) is 0 Å². The van der Waals surface area contributed by atoms with Gasteiger partial charge in [0, 0.05) is 18.5 Å². The van der Waals surface area contributed by atoms with Crippen LogP contribution in [0.2, 0.25) is 0 Å². The van der Waals surface area contributed by atoms with Crippen LogP contribution in [-0.4, -0.2) is 18.0 Å². The molecule has 0 aromatic heterocycles. The van der Waals surface area contributed by atoms with Crippen molar-refractivity contribution < 1.29 is 4.79 Å². The Bertz CT molecular complexity index is 174. The topological polar surface area (TPSA) is 55.1 Å². The fourth-order valence-electron chi connectivity index (χ4n) is 0.978. The molecule has 0 bridgehead atoms. The van der Waals surface area contributed by atoms with Gasteiger partial charge in [0.15, 0.2) is 0 Å². The van der Waals surface area contributed by atoms with Crippen molar-refractivity contribution in [2.45, 2.75) is 38.6 Å². The van der Waals surface area contributed by atoms with Crippen molar-refractivity contribution in [1.29, 1.82) is 0 Å². The third kappa shape index (κ3) is 4.68. The molecule has 0 fully saturated rings. The van der Waals surface area contributed by atoms with E-state index in [0.29, 0.717) is 13.0 Å². The Labute approximate surface area is 80.4 Å². The van der Waals surface area contributed by atoms with Gasteiger partial charge >= 0.3 is 0 Å². The van der Waals surface area contributed by atoms with E-state index in [1.165, 1.54) is 0 Å². The first-order valence-electron chi connectivity index (χ1n) is 4.74. The van der Waals surface area contributed by atoms with Crippen LogP contribution in [-0.2, 0) is 4.79 Å². The Hall–Kier alpha value is -0.830. The van der Waals surface area contributed by atoms with Gasteiger partial charge in [-0.3, -0.25) is 4.79 Å². The number of nitrogens with two attached hydrogens (primary N) is 1. The minimum Gasteiger partial charge on any atom is -0.354 e. The number of nitrogens with one attached hydrogen (secondary N) is 1. The first-order chi connectivity index (χ1) is 6.08. The maximum Gasteiger partial charge on any atom is 0.223 e. The molecule has 1 amide bonds. The summed E-state index contributed by atoms with van der Waals surface area (Å²) in [6.45, 7) is 8.10. The van der Waals surface area contributed by atoms with Crippen molar-refractivity contribution in [3.8, 4) is 0 Å². The number of amides is 1. The van der Waals surface area contributed by atoms with Gasteiger partial charge in [0.1, 0.15) is 0 Å². The number of carbonyl (C=O) groups is 1. The fourth-order valence-corrected chi connectivity index (χ4v) is 0.978. The van der Waals surface area contributed by atoms with Crippen LogP contribution in [0.3, 0.4) is 0 Å². The van der Waals surface area contributed by atoms with E-state index in [2.05, 4.69) is 11.9 Å². The van der Waals surface area contributed by atoms with Gasteiger partial charge in [-0.1, -0.05) is 19.9 Å². The Kier molecular flexibility index (Phi) is 5.39. The summed E-state index contributed by atoms with van der Waals surface area (Å²) in [6, 6.07) is 0. The lowest BCUT2D eigenvalue weighted by atomic mass is 9.94. The van der Waals surface area contributed by atoms with Gasteiger partial charge in [-0.05, 0) is 12.8 Å². The lowest BCUT2D eigenvalue weighted by Crippen LogP contribution is -2.49. The second kappa shape index (κ2) is 5.75. The van der Waals surface area contributed by atoms with Crippen molar-refractivity contribution in [2.75, 3.05) is 6.54 Å². The largest absolute Gasteiger partial charge is 0.354 e. The second-order valence-corrected chi connectivity index (χ2v) is 3.34. The summed E-state index contributed by atoms with van der Waals surface area (Å²) in [5.74, 6) is -0.00766. The van der Waals surface area contributed by atoms with E-state index in [0.717, 1.165) is 12.8 Å². The molecule has 0 saturated heterocycles. The quantitative estimate of drug-likeness (QED) is 0.609. The van der Waals surface area contributed by atoms with Gasteiger partial charge in [-0.25, -0.2) is 0 Å². The minimum absolute atomic E-state index is 0.00766. The Morgan fingerprint density at radius 2 is 2.08 bits per heavy atom. The summed E-state index contributed by atoms with van der Waals surface area (Å²) in [7, 11) is 0. The molecule has 0 aliphatic heterocycles. The predicted molar refractivity (Wildman–Crippen MR) is 55.3 cm³/mol. The van der Waals surface area contributed by atoms with Crippen molar-refractivity contribution >= 4 is 5.91 Å². The van der Waals surface area contributed by atoms with Crippen molar-refractivity contribution in [1.82, 2.24) is 5.32 Å². The van der Waals surface area contributed by atoms with Gasteiger partial charge in [0.2, 0.25) is 5.91 Å². The average molecular weight is 184 g/mol. The Morgan fingerprint density at radius 1 is 1.54 bits per heavy atom. The molecular weight excluding hydrogens is 164 g/mol. The van der Waals surface area contributed by atoms with Gasteiger partial charge in [-0.15, -0.1) is 6.58 Å². The first kappa shape index (κ1) is 12.2. The molecule has 0 radical (unpaired) electrons. The zero-order valence-electron chi connectivity index (χ0n) is 8.60. The zero-order valence-corrected chi connectivity index (χ0v) is 8.60. The molecule has 0 saturated carbocycles. The summed E-state index contributed by atoms with van der Waals surface area (Å²) in [6.07, 6.45) is 3.70. The molecule has 0 heterocycles. The normalized spacial score (nSPS) is 11.0. The van der Waals surface area contributed by atoms with Gasteiger partial charge in [0.25, 0.3) is 0 Å². The SMILES string of the molecule is C=CCC(=O)NCC(N)(CC)CC. The van der Waals surface area contributed by atoms with Crippen LogP contribution in [0.25, 0.3) is 0 Å². The van der Waals surface area contributed by atoms with Crippen molar-refractivity contribution in [2.24, 2.45) is 5.73 Å². The molecule has 0 unspecified atom stereocenters. The van der Waals surface area contributed by atoms with E-state index < -0.39 is 0 Å². The van der Waals surface area contributed by atoms with Crippen LogP contribution in [0.15, 0.2) is 12.7 Å². The third-order valence-corrected chi connectivity index (χ3v) is 2.38. The molecule has 0 rings (SSSR count). The maximum absolute atomic E-state index is 11.1. The monoisotopic (exact) mass is 184 g/mol. The first-order valence-corrected chi connectivity index (χ1v) is 4.74. The van der Waals surface area contributed by atoms with Gasteiger partial charge < -0.3 is 11.1 Å². The van der Waals surface area contributed by atoms with Gasteiger partial charge in [0.05, 0.1) is 0 Å². The summed E-state index contributed by atoms with van der Waals surface area (Å²) >= 11 is 0. The smallest absolute Gasteiger partial charge is 0.223 e. The molecule has 0 aromatic carbocycles. The Morgan fingerprint density at radius 3 is 2.46 bits per heavy atom. The molecule has 0 aliphatic carbocycles. The molecule has 3 N–H and O–H groups in total. The molecule has 0 aliphatic rings. The van der Waals surface area contributed by atoms with Crippen molar-refractivity contribution in [3.05, 3.63) is 12.7 Å². The van der Waals surface area contributed by atoms with E-state index in [9.17, 15) is 4.79 Å². The number of carbonyl (C=O) groups excluding carboxylic acids is 1. The minimum atomic E-state index is -0.253. The lowest BCUT2D eigenvalue weighted by molar-refractivity contribution is -0.120. The fraction of sp³-hybridized carbons (Fsp3) is 0.700. The Balaban J connectivity index is 3.84. The van der Waals surface area contributed by atoms with Crippen LogP contribution in [0.1, 0.15) is 33.1 Å². The number of hydrogen-bond acceptors (Lipinski definition) is 2. The van der Waals surface area contributed by atoms with Crippen LogP contribution in [0.4, 0.5) is 0 Å². The highest BCUT2D eigenvalue weighted by Crippen LogP contribution is 2.09. The van der Waals surface area contributed by atoms with Crippen molar-refractivity contribution in [3.63, 3.8) is 0 Å². The highest BCUT2D eigenvalue weighted by Gasteiger charge is 2.20. The zero-order chi connectivity index (χ0) is 10.3. The molecule has 13 heavy (non-hydrogen) atoms. The molecule has 76 valence electrons. The number of rotatable bonds is 6. The van der Waals surface area contributed by atoms with Crippen LogP contribution in [0.5, 0.6) is 0 Å².